The van der Waals surface area contributed by atoms with Gasteiger partial charge in [0.05, 0.1) is 17.5 Å². The molecule has 0 aliphatic carbocycles. The van der Waals surface area contributed by atoms with Crippen molar-refractivity contribution in [1.29, 1.82) is 0 Å². The highest BCUT2D eigenvalue weighted by molar-refractivity contribution is 5.68. The first-order valence-corrected chi connectivity index (χ1v) is 7.13. The van der Waals surface area contributed by atoms with Crippen LogP contribution in [0.25, 0.3) is 0 Å². The highest BCUT2D eigenvalue weighted by atomic mass is 19.1. The maximum atomic E-state index is 13.7. The lowest BCUT2D eigenvalue weighted by molar-refractivity contribution is 0.0699. The molecule has 2 rings (SSSR count). The van der Waals surface area contributed by atoms with Gasteiger partial charge in [0, 0.05) is 31.9 Å². The lowest BCUT2D eigenvalue weighted by Gasteiger charge is -2.23. The molecule has 0 spiro atoms. The van der Waals surface area contributed by atoms with Gasteiger partial charge in [0.2, 0.25) is 0 Å². The molecular formula is C15H23FN2O2. The summed E-state index contributed by atoms with van der Waals surface area (Å²) in [4.78, 5) is 0. The van der Waals surface area contributed by atoms with E-state index in [1.165, 1.54) is 6.07 Å². The molecule has 0 unspecified atom stereocenters. The number of ether oxygens (including phenoxy) is 2. The summed E-state index contributed by atoms with van der Waals surface area (Å²) < 4.78 is 24.5. The van der Waals surface area contributed by atoms with Gasteiger partial charge < -0.3 is 20.5 Å². The third-order valence-electron chi connectivity index (χ3n) is 3.39. The number of hydrogen-bond acceptors (Lipinski definition) is 4. The fraction of sp³-hybridized carbons (Fsp3) is 0.600. The summed E-state index contributed by atoms with van der Waals surface area (Å²) in [5, 5.41) is 3.30. The van der Waals surface area contributed by atoms with Crippen molar-refractivity contribution in [2.24, 2.45) is 5.92 Å². The average Bonchev–Trinajstić information content (AvgIpc) is 2.41. The van der Waals surface area contributed by atoms with Crippen LogP contribution >= 0.6 is 0 Å². The smallest absolute Gasteiger partial charge is 0.167 e. The van der Waals surface area contributed by atoms with E-state index < -0.39 is 5.82 Å². The van der Waals surface area contributed by atoms with Gasteiger partial charge in [0.25, 0.3) is 0 Å². The van der Waals surface area contributed by atoms with E-state index in [9.17, 15) is 4.39 Å². The molecule has 1 aliphatic heterocycles. The molecule has 112 valence electrons. The second kappa shape index (κ2) is 6.79. The fourth-order valence-electron chi connectivity index (χ4n) is 2.27. The lowest BCUT2D eigenvalue weighted by Crippen LogP contribution is -2.23. The standard InChI is InChI=1S/C15H23FN2O2/c1-10(2)20-15-8-14(13(17)7-12(15)16)18-9-11-3-5-19-6-4-11/h7-8,10-11,18H,3-6,9,17H2,1-2H3. The van der Waals surface area contributed by atoms with Crippen LogP contribution in [0, 0.1) is 11.7 Å². The minimum Gasteiger partial charge on any atom is -0.488 e. The van der Waals surface area contributed by atoms with E-state index in [2.05, 4.69) is 5.32 Å². The van der Waals surface area contributed by atoms with Crippen LogP contribution in [0.1, 0.15) is 26.7 Å². The van der Waals surface area contributed by atoms with Crippen LogP contribution in [0.15, 0.2) is 12.1 Å². The quantitative estimate of drug-likeness (QED) is 0.815. The Morgan fingerprint density at radius 2 is 2.10 bits per heavy atom. The molecule has 1 aliphatic rings. The van der Waals surface area contributed by atoms with Crippen molar-refractivity contribution in [3.05, 3.63) is 17.9 Å². The maximum absolute atomic E-state index is 13.7. The summed E-state index contributed by atoms with van der Waals surface area (Å²) in [6.45, 7) is 6.18. The zero-order valence-corrected chi connectivity index (χ0v) is 12.1. The van der Waals surface area contributed by atoms with E-state index in [0.29, 0.717) is 11.6 Å². The second-order valence-corrected chi connectivity index (χ2v) is 5.47. The minimum absolute atomic E-state index is 0.0727. The molecule has 20 heavy (non-hydrogen) atoms. The molecule has 1 aromatic carbocycles. The molecule has 4 nitrogen and oxygen atoms in total. The van der Waals surface area contributed by atoms with Crippen LogP contribution in [0.2, 0.25) is 0 Å². The first kappa shape index (κ1) is 14.9. The molecule has 0 radical (unpaired) electrons. The van der Waals surface area contributed by atoms with E-state index in [1.807, 2.05) is 13.8 Å². The molecule has 0 bridgehead atoms. The van der Waals surface area contributed by atoms with Gasteiger partial charge in [-0.25, -0.2) is 4.39 Å². The van der Waals surface area contributed by atoms with Crippen molar-refractivity contribution >= 4 is 11.4 Å². The summed E-state index contributed by atoms with van der Waals surface area (Å²) in [7, 11) is 0. The second-order valence-electron chi connectivity index (χ2n) is 5.47. The van der Waals surface area contributed by atoms with E-state index in [4.69, 9.17) is 15.2 Å². The number of nitrogens with two attached hydrogens (primary N) is 1. The summed E-state index contributed by atoms with van der Waals surface area (Å²) >= 11 is 0. The molecular weight excluding hydrogens is 259 g/mol. The predicted octanol–water partition coefficient (Wildman–Crippen LogP) is 3.03. The Morgan fingerprint density at radius 1 is 1.40 bits per heavy atom. The predicted molar refractivity (Wildman–Crippen MR) is 78.6 cm³/mol. The SMILES string of the molecule is CC(C)Oc1cc(NCC2CCOCC2)c(N)cc1F. The molecule has 0 amide bonds. The maximum Gasteiger partial charge on any atom is 0.167 e. The molecule has 1 saturated heterocycles. The number of nitrogens with one attached hydrogen (secondary N) is 1. The lowest BCUT2D eigenvalue weighted by atomic mass is 10.0. The van der Waals surface area contributed by atoms with Gasteiger partial charge >= 0.3 is 0 Å². The van der Waals surface area contributed by atoms with Gasteiger partial charge in [-0.3, -0.25) is 0 Å². The van der Waals surface area contributed by atoms with Gasteiger partial charge in [0.1, 0.15) is 0 Å². The Kier molecular flexibility index (Phi) is 5.06. The van der Waals surface area contributed by atoms with Crippen molar-refractivity contribution in [3.8, 4) is 5.75 Å². The summed E-state index contributed by atoms with van der Waals surface area (Å²) in [6.07, 6.45) is 2.02. The Labute approximate surface area is 119 Å². The highest BCUT2D eigenvalue weighted by Gasteiger charge is 2.15. The van der Waals surface area contributed by atoms with Crippen LogP contribution < -0.4 is 15.8 Å². The van der Waals surface area contributed by atoms with E-state index in [1.54, 1.807) is 6.07 Å². The monoisotopic (exact) mass is 282 g/mol. The van der Waals surface area contributed by atoms with Crippen molar-refractivity contribution in [3.63, 3.8) is 0 Å². The molecule has 0 atom stereocenters. The number of hydrogen-bond donors (Lipinski definition) is 2. The van der Waals surface area contributed by atoms with Crippen molar-refractivity contribution < 1.29 is 13.9 Å². The average molecular weight is 282 g/mol. The Hall–Kier alpha value is -1.49. The molecule has 1 heterocycles. The molecule has 5 heteroatoms. The Morgan fingerprint density at radius 3 is 2.75 bits per heavy atom. The van der Waals surface area contributed by atoms with Gasteiger partial charge in [-0.15, -0.1) is 0 Å². The third kappa shape index (κ3) is 4.00. The number of anilines is 2. The van der Waals surface area contributed by atoms with Gasteiger partial charge in [-0.2, -0.15) is 0 Å². The van der Waals surface area contributed by atoms with Crippen LogP contribution in [-0.4, -0.2) is 25.9 Å². The zero-order valence-electron chi connectivity index (χ0n) is 12.1. The Bertz CT molecular complexity index is 446. The van der Waals surface area contributed by atoms with Crippen LogP contribution in [0.5, 0.6) is 5.75 Å². The van der Waals surface area contributed by atoms with Crippen LogP contribution in [0.4, 0.5) is 15.8 Å². The fourth-order valence-corrected chi connectivity index (χ4v) is 2.27. The summed E-state index contributed by atoms with van der Waals surface area (Å²) in [5.74, 6) is 0.388. The van der Waals surface area contributed by atoms with Crippen molar-refractivity contribution in [2.75, 3.05) is 30.8 Å². The van der Waals surface area contributed by atoms with Crippen LogP contribution in [-0.2, 0) is 4.74 Å². The molecule has 1 aromatic rings. The minimum atomic E-state index is -0.423. The van der Waals surface area contributed by atoms with Gasteiger partial charge in [-0.1, -0.05) is 0 Å². The number of halogens is 1. The number of rotatable bonds is 5. The highest BCUT2D eigenvalue weighted by Crippen LogP contribution is 2.29. The summed E-state index contributed by atoms with van der Waals surface area (Å²) in [6, 6.07) is 2.95. The van der Waals surface area contributed by atoms with Crippen LogP contribution in [0.3, 0.4) is 0 Å². The first-order chi connectivity index (χ1) is 9.56. The van der Waals surface area contributed by atoms with Gasteiger partial charge in [-0.05, 0) is 32.6 Å². The molecule has 0 aromatic heterocycles. The van der Waals surface area contributed by atoms with Crippen molar-refractivity contribution in [1.82, 2.24) is 0 Å². The Balaban J connectivity index is 2.02. The van der Waals surface area contributed by atoms with Gasteiger partial charge in [0.15, 0.2) is 11.6 Å². The third-order valence-corrected chi connectivity index (χ3v) is 3.39. The summed E-state index contributed by atoms with van der Waals surface area (Å²) in [5.41, 5.74) is 6.99. The molecule has 0 saturated carbocycles. The largest absolute Gasteiger partial charge is 0.488 e. The van der Waals surface area contributed by atoms with E-state index >= 15 is 0 Å². The van der Waals surface area contributed by atoms with Crippen molar-refractivity contribution in [2.45, 2.75) is 32.8 Å². The molecule has 1 fully saturated rings. The van der Waals surface area contributed by atoms with E-state index in [-0.39, 0.29) is 11.9 Å². The zero-order chi connectivity index (χ0) is 14.5. The number of nitrogen functional groups attached to an aromatic ring is 1. The normalized spacial score (nSPS) is 16.4. The number of benzene rings is 1. The molecule has 3 N–H and O–H groups in total. The van der Waals surface area contributed by atoms with E-state index in [0.717, 1.165) is 38.3 Å². The topological polar surface area (TPSA) is 56.5 Å². The first-order valence-electron chi connectivity index (χ1n) is 7.13.